The lowest BCUT2D eigenvalue weighted by atomic mass is 10.0. The summed E-state index contributed by atoms with van der Waals surface area (Å²) in [7, 11) is 0. The van der Waals surface area contributed by atoms with E-state index >= 15 is 0 Å². The van der Waals surface area contributed by atoms with Crippen LogP contribution < -0.4 is 10.8 Å². The van der Waals surface area contributed by atoms with Gasteiger partial charge in [0.1, 0.15) is 12.6 Å². The van der Waals surface area contributed by atoms with Gasteiger partial charge in [0.2, 0.25) is 0 Å². The van der Waals surface area contributed by atoms with E-state index in [1.165, 1.54) is 9.96 Å². The lowest BCUT2D eigenvalue weighted by Gasteiger charge is -2.28. The van der Waals surface area contributed by atoms with Crippen molar-refractivity contribution in [3.05, 3.63) is 35.9 Å². The van der Waals surface area contributed by atoms with Crippen LogP contribution >= 0.6 is 0 Å². The first-order valence-corrected chi connectivity index (χ1v) is 8.71. The van der Waals surface area contributed by atoms with Gasteiger partial charge in [-0.15, -0.1) is 0 Å². The van der Waals surface area contributed by atoms with Crippen LogP contribution in [0.15, 0.2) is 30.3 Å². The number of fused-ring (bicyclic) bond motifs is 2. The molecular formula is C17H22N4O6. The van der Waals surface area contributed by atoms with Crippen molar-refractivity contribution in [1.82, 2.24) is 20.8 Å². The van der Waals surface area contributed by atoms with Crippen LogP contribution in [-0.2, 0) is 21.1 Å². The van der Waals surface area contributed by atoms with E-state index in [4.69, 9.17) is 14.8 Å². The summed E-state index contributed by atoms with van der Waals surface area (Å²) in [6, 6.07) is 8.50. The Morgan fingerprint density at radius 1 is 1.22 bits per heavy atom. The molecule has 0 unspecified atom stereocenters. The van der Waals surface area contributed by atoms with Crippen molar-refractivity contribution in [1.29, 1.82) is 0 Å². The molecule has 10 heteroatoms. The maximum absolute atomic E-state index is 12.6. The summed E-state index contributed by atoms with van der Waals surface area (Å²) < 4.78 is 0. The Labute approximate surface area is 155 Å². The summed E-state index contributed by atoms with van der Waals surface area (Å²) in [6.45, 7) is 0.750. The van der Waals surface area contributed by atoms with E-state index in [2.05, 4.69) is 10.8 Å². The number of piperidine rings is 1. The highest BCUT2D eigenvalue weighted by atomic mass is 16.7. The molecule has 10 nitrogen and oxygen atoms in total. The number of hydrogen-bond acceptors (Lipinski definition) is 5. The van der Waals surface area contributed by atoms with Crippen LogP contribution in [0.2, 0.25) is 0 Å². The van der Waals surface area contributed by atoms with E-state index in [1.54, 1.807) is 0 Å². The third-order valence-electron chi connectivity index (χ3n) is 4.49. The molecule has 0 saturated carbocycles. The number of amides is 4. The van der Waals surface area contributed by atoms with Crippen LogP contribution in [0.5, 0.6) is 0 Å². The van der Waals surface area contributed by atoms with Gasteiger partial charge >= 0.3 is 12.1 Å². The topological polar surface area (TPSA) is 120 Å². The highest BCUT2D eigenvalue weighted by molar-refractivity contribution is 5.88. The molecule has 0 aliphatic carbocycles. The third-order valence-corrected chi connectivity index (χ3v) is 4.49. The van der Waals surface area contributed by atoms with E-state index < -0.39 is 18.0 Å². The number of carbonyl (C=O) groups is 3. The quantitative estimate of drug-likeness (QED) is 0.452. The minimum atomic E-state index is -1.17. The molecule has 2 heterocycles. The molecule has 0 radical (unpaired) electrons. The summed E-state index contributed by atoms with van der Waals surface area (Å²) in [4.78, 5) is 47.4. The molecule has 27 heavy (non-hydrogen) atoms. The molecular weight excluding hydrogens is 356 g/mol. The monoisotopic (exact) mass is 378 g/mol. The van der Waals surface area contributed by atoms with E-state index in [-0.39, 0.29) is 31.8 Å². The Bertz CT molecular complexity index is 685. The summed E-state index contributed by atoms with van der Waals surface area (Å²) in [5.74, 6) is -0.429. The lowest BCUT2D eigenvalue weighted by molar-refractivity contribution is -0.141. The van der Waals surface area contributed by atoms with Gasteiger partial charge in [0, 0.05) is 13.1 Å². The average molecular weight is 378 g/mol. The standard InChI is InChI=1S/C17H22N4O6/c22-15(19-26-9-8-18-16(23)24)14-7-6-13-10-20(14)17(25)21(13)27-11-12-4-2-1-3-5-12/h1-5,13-14,18H,6-11H2,(H,19,22)(H,23,24)/t13-,14-/m1/s1. The SMILES string of the molecule is O=C(O)NCCONC(=O)[C@H]1CC[C@@H]2CN1C(=O)N2OCc1ccccc1. The number of carboxylic acid groups (broad SMARTS) is 1. The first-order chi connectivity index (χ1) is 13.1. The van der Waals surface area contributed by atoms with Crippen molar-refractivity contribution >= 4 is 18.0 Å². The average Bonchev–Trinajstić information content (AvgIpc) is 2.90. The first kappa shape index (κ1) is 18.9. The van der Waals surface area contributed by atoms with Gasteiger partial charge in [0.05, 0.1) is 12.6 Å². The molecule has 3 rings (SSSR count). The van der Waals surface area contributed by atoms with Crippen LogP contribution in [0, 0.1) is 0 Å². The molecule has 3 N–H and O–H groups in total. The number of carbonyl (C=O) groups excluding carboxylic acids is 2. The molecule has 0 aromatic heterocycles. The summed E-state index contributed by atoms with van der Waals surface area (Å²) >= 11 is 0. The van der Waals surface area contributed by atoms with Crippen molar-refractivity contribution < 1.29 is 29.2 Å². The number of hydrogen-bond donors (Lipinski definition) is 3. The lowest BCUT2D eigenvalue weighted by Crippen LogP contribution is -2.50. The zero-order chi connectivity index (χ0) is 19.2. The Balaban J connectivity index is 1.48. The van der Waals surface area contributed by atoms with Gasteiger partial charge in [-0.2, -0.15) is 5.06 Å². The van der Waals surface area contributed by atoms with Crippen molar-refractivity contribution in [2.24, 2.45) is 0 Å². The van der Waals surface area contributed by atoms with Crippen molar-refractivity contribution in [3.8, 4) is 0 Å². The third kappa shape index (κ3) is 4.66. The number of rotatable bonds is 8. The molecule has 2 atom stereocenters. The first-order valence-electron chi connectivity index (χ1n) is 8.71. The number of nitrogens with zero attached hydrogens (tertiary/aromatic N) is 2. The second-order valence-electron chi connectivity index (χ2n) is 6.31. The zero-order valence-corrected chi connectivity index (χ0v) is 14.7. The Morgan fingerprint density at radius 2 is 2.00 bits per heavy atom. The number of benzene rings is 1. The van der Waals surface area contributed by atoms with Crippen LogP contribution in [-0.4, -0.2) is 64.9 Å². The minimum Gasteiger partial charge on any atom is -0.465 e. The van der Waals surface area contributed by atoms with Gasteiger partial charge in [0.15, 0.2) is 0 Å². The van der Waals surface area contributed by atoms with Gasteiger partial charge in [-0.05, 0) is 18.4 Å². The second-order valence-corrected chi connectivity index (χ2v) is 6.31. The van der Waals surface area contributed by atoms with E-state index in [0.29, 0.717) is 19.4 Å². The summed E-state index contributed by atoms with van der Waals surface area (Å²) in [6.07, 6.45) is -0.0126. The fourth-order valence-electron chi connectivity index (χ4n) is 3.19. The summed E-state index contributed by atoms with van der Waals surface area (Å²) in [5, 5.41) is 11.9. The normalized spacial score (nSPS) is 21.3. The molecule has 2 aliphatic rings. The van der Waals surface area contributed by atoms with Gasteiger partial charge in [0.25, 0.3) is 5.91 Å². The van der Waals surface area contributed by atoms with E-state index in [1.807, 2.05) is 30.3 Å². The number of nitrogens with one attached hydrogen (secondary N) is 2. The Morgan fingerprint density at radius 3 is 2.74 bits per heavy atom. The van der Waals surface area contributed by atoms with Crippen LogP contribution in [0.3, 0.4) is 0 Å². The van der Waals surface area contributed by atoms with Gasteiger partial charge in [-0.3, -0.25) is 14.5 Å². The van der Waals surface area contributed by atoms with Crippen LogP contribution in [0.25, 0.3) is 0 Å². The molecule has 0 spiro atoms. The molecule has 146 valence electrons. The zero-order valence-electron chi connectivity index (χ0n) is 14.7. The fraction of sp³-hybridized carbons (Fsp3) is 0.471. The molecule has 1 aromatic rings. The number of hydroxylamine groups is 3. The van der Waals surface area contributed by atoms with Gasteiger partial charge < -0.3 is 15.3 Å². The fourth-order valence-corrected chi connectivity index (χ4v) is 3.19. The number of urea groups is 1. The van der Waals surface area contributed by atoms with E-state index in [9.17, 15) is 14.4 Å². The highest BCUT2D eigenvalue weighted by Crippen LogP contribution is 2.30. The van der Waals surface area contributed by atoms with Crippen molar-refractivity contribution in [2.75, 3.05) is 19.7 Å². The smallest absolute Gasteiger partial charge is 0.404 e. The molecule has 2 bridgehead atoms. The van der Waals surface area contributed by atoms with Gasteiger partial charge in [-0.25, -0.2) is 15.1 Å². The van der Waals surface area contributed by atoms with Gasteiger partial charge in [-0.1, -0.05) is 30.3 Å². The molecule has 1 aromatic carbocycles. The molecule has 4 amide bonds. The summed E-state index contributed by atoms with van der Waals surface area (Å²) in [5.41, 5.74) is 3.23. The molecule has 2 saturated heterocycles. The Hall–Kier alpha value is -2.85. The van der Waals surface area contributed by atoms with Crippen molar-refractivity contribution in [2.45, 2.75) is 31.5 Å². The second kappa shape index (κ2) is 8.69. The molecule has 2 fully saturated rings. The van der Waals surface area contributed by atoms with Crippen molar-refractivity contribution in [3.63, 3.8) is 0 Å². The highest BCUT2D eigenvalue weighted by Gasteiger charge is 2.48. The molecule has 2 aliphatic heterocycles. The predicted octanol–water partition coefficient (Wildman–Crippen LogP) is 0.702. The largest absolute Gasteiger partial charge is 0.465 e. The predicted molar refractivity (Wildman–Crippen MR) is 92.1 cm³/mol. The minimum absolute atomic E-state index is 0.00631. The maximum Gasteiger partial charge on any atom is 0.404 e. The van der Waals surface area contributed by atoms with Crippen LogP contribution in [0.1, 0.15) is 18.4 Å². The van der Waals surface area contributed by atoms with E-state index in [0.717, 1.165) is 5.56 Å². The van der Waals surface area contributed by atoms with Crippen LogP contribution in [0.4, 0.5) is 9.59 Å². The Kier molecular flexibility index (Phi) is 6.09. The maximum atomic E-state index is 12.6.